The van der Waals surface area contributed by atoms with Crippen molar-refractivity contribution >= 4 is 0 Å². The smallest absolute Gasteiger partial charge is 0.0540 e. The zero-order chi connectivity index (χ0) is 12.8. The summed E-state index contributed by atoms with van der Waals surface area (Å²) in [4.78, 5) is 2.53. The Labute approximate surface area is 110 Å². The predicted molar refractivity (Wildman–Crippen MR) is 74.1 cm³/mol. The zero-order valence-corrected chi connectivity index (χ0v) is 11.0. The summed E-state index contributed by atoms with van der Waals surface area (Å²) in [5.41, 5.74) is 2.39. The molecule has 1 unspecified atom stereocenters. The lowest BCUT2D eigenvalue weighted by Gasteiger charge is -2.20. The summed E-state index contributed by atoms with van der Waals surface area (Å²) in [6.45, 7) is 4.71. The molecule has 2 heteroatoms. The van der Waals surface area contributed by atoms with Gasteiger partial charge in [-0.25, -0.2) is 0 Å². The molecule has 1 fully saturated rings. The lowest BCUT2D eigenvalue weighted by molar-refractivity contribution is 0.260. The molecule has 0 bridgehead atoms. The lowest BCUT2D eigenvalue weighted by Crippen LogP contribution is -2.26. The van der Waals surface area contributed by atoms with Gasteiger partial charge in [-0.1, -0.05) is 24.0 Å². The van der Waals surface area contributed by atoms with Gasteiger partial charge in [0, 0.05) is 24.6 Å². The van der Waals surface area contributed by atoms with Crippen LogP contribution in [0.1, 0.15) is 37.3 Å². The van der Waals surface area contributed by atoms with Crippen LogP contribution in [0.3, 0.4) is 0 Å². The Balaban J connectivity index is 1.93. The number of aliphatic hydroxyl groups excluding tert-OH is 1. The van der Waals surface area contributed by atoms with E-state index in [0.29, 0.717) is 12.5 Å². The van der Waals surface area contributed by atoms with Crippen LogP contribution in [0.5, 0.6) is 0 Å². The molecule has 2 nitrogen and oxygen atoms in total. The predicted octanol–water partition coefficient (Wildman–Crippen LogP) is 2.40. The van der Waals surface area contributed by atoms with Crippen LogP contribution in [0.2, 0.25) is 0 Å². The first-order valence-corrected chi connectivity index (χ1v) is 6.72. The minimum atomic E-state index is 0.137. The van der Waals surface area contributed by atoms with Gasteiger partial charge >= 0.3 is 0 Å². The molecule has 0 spiro atoms. The van der Waals surface area contributed by atoms with E-state index in [1.807, 2.05) is 0 Å². The Morgan fingerprint density at radius 1 is 1.33 bits per heavy atom. The second-order valence-electron chi connectivity index (χ2n) is 4.93. The first kappa shape index (κ1) is 13.1. The van der Waals surface area contributed by atoms with Crippen LogP contribution < -0.4 is 0 Å². The number of benzene rings is 1. The van der Waals surface area contributed by atoms with Crippen LogP contribution in [0.15, 0.2) is 24.3 Å². The molecule has 1 atom stereocenters. The summed E-state index contributed by atoms with van der Waals surface area (Å²) in [6, 6.07) is 9.18. The fourth-order valence-electron chi connectivity index (χ4n) is 2.38. The molecular weight excluding hydrogens is 222 g/mol. The van der Waals surface area contributed by atoms with E-state index in [0.717, 1.165) is 12.1 Å². The fraction of sp³-hybridized carbons (Fsp3) is 0.500. The Morgan fingerprint density at radius 3 is 2.72 bits per heavy atom. The first-order valence-electron chi connectivity index (χ1n) is 6.72. The average molecular weight is 243 g/mol. The Kier molecular flexibility index (Phi) is 4.81. The van der Waals surface area contributed by atoms with Crippen molar-refractivity contribution in [1.82, 2.24) is 4.90 Å². The molecular formula is C16H21NO. The van der Waals surface area contributed by atoms with Gasteiger partial charge in [0.15, 0.2) is 0 Å². The first-order chi connectivity index (χ1) is 8.79. The van der Waals surface area contributed by atoms with Crippen molar-refractivity contribution in [2.45, 2.75) is 38.8 Å². The number of nitrogens with zero attached hydrogens (tertiary/aromatic N) is 1. The largest absolute Gasteiger partial charge is 0.395 e. The van der Waals surface area contributed by atoms with E-state index >= 15 is 0 Å². The van der Waals surface area contributed by atoms with E-state index in [9.17, 15) is 0 Å². The molecule has 1 saturated heterocycles. The van der Waals surface area contributed by atoms with Crippen molar-refractivity contribution in [3.63, 3.8) is 0 Å². The highest BCUT2D eigenvalue weighted by Crippen LogP contribution is 2.19. The molecule has 2 rings (SSSR count). The van der Waals surface area contributed by atoms with Gasteiger partial charge in [0.1, 0.15) is 0 Å². The van der Waals surface area contributed by atoms with Crippen molar-refractivity contribution < 1.29 is 5.11 Å². The molecule has 1 N–H and O–H groups in total. The summed E-state index contributed by atoms with van der Waals surface area (Å²) in [5.74, 6) is 5.99. The second kappa shape index (κ2) is 6.58. The van der Waals surface area contributed by atoms with Gasteiger partial charge in [-0.2, -0.15) is 0 Å². The molecule has 0 amide bonds. The van der Waals surface area contributed by atoms with E-state index in [-0.39, 0.29) is 6.61 Å². The third-order valence-corrected chi connectivity index (χ3v) is 3.50. The van der Waals surface area contributed by atoms with E-state index in [1.54, 1.807) is 0 Å². The molecule has 0 aromatic heterocycles. The minimum absolute atomic E-state index is 0.137. The molecule has 1 aromatic carbocycles. The summed E-state index contributed by atoms with van der Waals surface area (Å²) >= 11 is 0. The van der Waals surface area contributed by atoms with Crippen molar-refractivity contribution in [2.24, 2.45) is 0 Å². The standard InChI is InChI=1S/C16H21NO/c1-14-5-4-11-17(14)13-16-9-7-15(8-10-16)6-2-3-12-18/h7-10,14,18H,3-5,11-13H2,1H3. The van der Waals surface area contributed by atoms with Gasteiger partial charge in [0.05, 0.1) is 6.61 Å². The molecule has 1 heterocycles. The van der Waals surface area contributed by atoms with Gasteiger partial charge in [-0.05, 0) is 44.0 Å². The van der Waals surface area contributed by atoms with Crippen LogP contribution in [0.4, 0.5) is 0 Å². The third kappa shape index (κ3) is 3.60. The van der Waals surface area contributed by atoms with E-state index < -0.39 is 0 Å². The zero-order valence-electron chi connectivity index (χ0n) is 11.0. The maximum Gasteiger partial charge on any atom is 0.0540 e. The van der Waals surface area contributed by atoms with Crippen LogP contribution in [-0.4, -0.2) is 29.2 Å². The summed E-state index contributed by atoms with van der Waals surface area (Å²) in [6.07, 6.45) is 3.20. The fourth-order valence-corrected chi connectivity index (χ4v) is 2.38. The van der Waals surface area contributed by atoms with E-state index in [2.05, 4.69) is 47.9 Å². The third-order valence-electron chi connectivity index (χ3n) is 3.50. The Morgan fingerprint density at radius 2 is 2.11 bits per heavy atom. The number of likely N-dealkylation sites (tertiary alicyclic amines) is 1. The van der Waals surface area contributed by atoms with E-state index in [1.165, 1.54) is 24.9 Å². The highest BCUT2D eigenvalue weighted by atomic mass is 16.2. The number of aliphatic hydroxyl groups is 1. The Bertz CT molecular complexity index is 427. The molecule has 1 aromatic rings. The van der Waals surface area contributed by atoms with Crippen LogP contribution in [0.25, 0.3) is 0 Å². The SMILES string of the molecule is CC1CCCN1Cc1ccc(C#CCCO)cc1. The number of hydrogen-bond acceptors (Lipinski definition) is 2. The molecule has 0 aliphatic carbocycles. The van der Waals surface area contributed by atoms with Gasteiger partial charge < -0.3 is 5.11 Å². The number of hydrogen-bond donors (Lipinski definition) is 1. The van der Waals surface area contributed by atoms with Crippen molar-refractivity contribution in [2.75, 3.05) is 13.2 Å². The van der Waals surface area contributed by atoms with Gasteiger partial charge in [0.25, 0.3) is 0 Å². The maximum absolute atomic E-state index is 8.66. The topological polar surface area (TPSA) is 23.5 Å². The van der Waals surface area contributed by atoms with Crippen LogP contribution in [0, 0.1) is 11.8 Å². The molecule has 96 valence electrons. The molecule has 1 aliphatic heterocycles. The van der Waals surface area contributed by atoms with Gasteiger partial charge in [0.2, 0.25) is 0 Å². The monoisotopic (exact) mass is 243 g/mol. The van der Waals surface area contributed by atoms with E-state index in [4.69, 9.17) is 5.11 Å². The maximum atomic E-state index is 8.66. The highest BCUT2D eigenvalue weighted by molar-refractivity contribution is 5.36. The van der Waals surface area contributed by atoms with Crippen molar-refractivity contribution in [3.05, 3.63) is 35.4 Å². The highest BCUT2D eigenvalue weighted by Gasteiger charge is 2.19. The van der Waals surface area contributed by atoms with Crippen LogP contribution in [-0.2, 0) is 6.54 Å². The lowest BCUT2D eigenvalue weighted by atomic mass is 10.1. The van der Waals surface area contributed by atoms with Gasteiger partial charge in [-0.3, -0.25) is 4.90 Å². The van der Waals surface area contributed by atoms with Crippen molar-refractivity contribution in [3.8, 4) is 11.8 Å². The molecule has 18 heavy (non-hydrogen) atoms. The van der Waals surface area contributed by atoms with Gasteiger partial charge in [-0.15, -0.1) is 0 Å². The molecule has 0 radical (unpaired) electrons. The number of rotatable bonds is 3. The second-order valence-corrected chi connectivity index (χ2v) is 4.93. The van der Waals surface area contributed by atoms with Crippen LogP contribution >= 0.6 is 0 Å². The quantitative estimate of drug-likeness (QED) is 0.824. The minimum Gasteiger partial charge on any atom is -0.395 e. The molecule has 0 saturated carbocycles. The summed E-state index contributed by atoms with van der Waals surface area (Å²) in [7, 11) is 0. The summed E-state index contributed by atoms with van der Waals surface area (Å²) in [5, 5.41) is 8.66. The Hall–Kier alpha value is -1.30. The average Bonchev–Trinajstić information content (AvgIpc) is 2.78. The molecule has 1 aliphatic rings. The van der Waals surface area contributed by atoms with Crippen molar-refractivity contribution in [1.29, 1.82) is 0 Å². The normalized spacial score (nSPS) is 19.6. The summed E-state index contributed by atoms with van der Waals surface area (Å²) < 4.78 is 0.